The predicted octanol–water partition coefficient (Wildman–Crippen LogP) is 4.30. The van der Waals surface area contributed by atoms with Crippen LogP contribution in [0.5, 0.6) is 5.75 Å². The lowest BCUT2D eigenvalue weighted by molar-refractivity contribution is -0.103. The fourth-order valence-corrected chi connectivity index (χ4v) is 3.21. The van der Waals surface area contributed by atoms with E-state index in [9.17, 15) is 27.2 Å². The molecule has 1 aliphatic heterocycles. The second-order valence-electron chi connectivity index (χ2n) is 7.40. The van der Waals surface area contributed by atoms with Gasteiger partial charge in [-0.25, -0.2) is 13.8 Å². The summed E-state index contributed by atoms with van der Waals surface area (Å²) in [5, 5.41) is 8.47. The minimum Gasteiger partial charge on any atom is -0.472 e. The van der Waals surface area contributed by atoms with Crippen LogP contribution in [-0.4, -0.2) is 57.5 Å². The number of ether oxygens (including phenoxy) is 2. The Bertz CT molecular complexity index is 1240. The third-order valence-electron chi connectivity index (χ3n) is 4.96. The Morgan fingerprint density at radius 3 is 2.27 bits per heavy atom. The van der Waals surface area contributed by atoms with Crippen molar-refractivity contribution in [3.63, 3.8) is 0 Å². The number of rotatable bonds is 9. The van der Waals surface area contributed by atoms with Crippen LogP contribution in [0, 0.1) is 0 Å². The van der Waals surface area contributed by atoms with Crippen molar-refractivity contribution < 1.29 is 36.6 Å². The molecular formula is C25H22F4N4O4. The summed E-state index contributed by atoms with van der Waals surface area (Å²) in [4.78, 5) is 28.1. The van der Waals surface area contributed by atoms with Gasteiger partial charge >= 0.3 is 6.61 Å². The van der Waals surface area contributed by atoms with Crippen LogP contribution in [0.3, 0.4) is 0 Å². The number of carbonyl (C=O) groups excluding carboxylic acids is 2. The van der Waals surface area contributed by atoms with E-state index in [1.165, 1.54) is 48.5 Å². The molecule has 194 valence electrons. The SMILES string of the molecule is CNC(=O)c1ccc(N(C)/N=C2/C=CC(OCC(F)F)=N/C2=C(/C=O)c2ccc(OC(F)F)cc2)cc1. The van der Waals surface area contributed by atoms with Crippen LogP contribution in [0.25, 0.3) is 5.57 Å². The first-order valence-electron chi connectivity index (χ1n) is 10.8. The normalized spacial score (nSPS) is 15.5. The Morgan fingerprint density at radius 2 is 1.70 bits per heavy atom. The lowest BCUT2D eigenvalue weighted by Crippen LogP contribution is -2.20. The quantitative estimate of drug-likeness (QED) is 0.231. The molecule has 0 unspecified atom stereocenters. The highest BCUT2D eigenvalue weighted by Gasteiger charge is 2.20. The van der Waals surface area contributed by atoms with Crippen LogP contribution in [0.1, 0.15) is 15.9 Å². The van der Waals surface area contributed by atoms with Crippen LogP contribution in [0.15, 0.2) is 76.5 Å². The van der Waals surface area contributed by atoms with Gasteiger partial charge in [0.1, 0.15) is 17.2 Å². The Kier molecular flexibility index (Phi) is 9.14. The lowest BCUT2D eigenvalue weighted by atomic mass is 10.0. The fourth-order valence-electron chi connectivity index (χ4n) is 3.21. The van der Waals surface area contributed by atoms with Crippen molar-refractivity contribution in [2.45, 2.75) is 13.0 Å². The van der Waals surface area contributed by atoms with E-state index in [1.807, 2.05) is 0 Å². The van der Waals surface area contributed by atoms with Gasteiger partial charge in [-0.2, -0.15) is 13.9 Å². The van der Waals surface area contributed by atoms with E-state index in [1.54, 1.807) is 31.3 Å². The Labute approximate surface area is 209 Å². The lowest BCUT2D eigenvalue weighted by Gasteiger charge is -2.19. The van der Waals surface area contributed by atoms with E-state index >= 15 is 0 Å². The van der Waals surface area contributed by atoms with E-state index in [0.29, 0.717) is 23.1 Å². The number of hydrogen-bond donors (Lipinski definition) is 1. The van der Waals surface area contributed by atoms with Gasteiger partial charge in [-0.05, 0) is 48.0 Å². The molecule has 1 heterocycles. The van der Waals surface area contributed by atoms with Crippen LogP contribution in [-0.2, 0) is 9.53 Å². The molecule has 0 saturated carbocycles. The van der Waals surface area contributed by atoms with Crippen LogP contribution < -0.4 is 15.1 Å². The molecule has 2 aromatic carbocycles. The third-order valence-corrected chi connectivity index (χ3v) is 4.96. The summed E-state index contributed by atoms with van der Waals surface area (Å²) in [6, 6.07) is 11.8. The summed E-state index contributed by atoms with van der Waals surface area (Å²) in [5.74, 6) is -0.535. The first-order chi connectivity index (χ1) is 17.7. The van der Waals surface area contributed by atoms with Crippen molar-refractivity contribution in [2.75, 3.05) is 25.7 Å². The number of aliphatic imine (C=N–C) groups is 1. The zero-order valence-corrected chi connectivity index (χ0v) is 19.7. The molecule has 0 spiro atoms. The number of nitrogens with one attached hydrogen (secondary N) is 1. The highest BCUT2D eigenvalue weighted by Crippen LogP contribution is 2.26. The standard InChI is InChI=1S/C25H22F4N4O4/c1-30-24(35)16-3-7-17(8-4-16)33(2)32-20-11-12-22(36-14-21(26)27)31-23(20)19(13-34)15-5-9-18(10-6-15)37-25(28)29/h3-13,21,25H,14H2,1-2H3,(H,30,35)/b23-19-,32-20-. The predicted molar refractivity (Wildman–Crippen MR) is 130 cm³/mol. The number of anilines is 1. The molecule has 0 atom stereocenters. The van der Waals surface area contributed by atoms with E-state index in [2.05, 4.69) is 20.1 Å². The first-order valence-corrected chi connectivity index (χ1v) is 10.8. The van der Waals surface area contributed by atoms with Gasteiger partial charge in [-0.1, -0.05) is 12.1 Å². The molecule has 1 aliphatic rings. The summed E-state index contributed by atoms with van der Waals surface area (Å²) >= 11 is 0. The Morgan fingerprint density at radius 1 is 1.05 bits per heavy atom. The van der Waals surface area contributed by atoms with E-state index in [4.69, 9.17) is 4.74 Å². The van der Waals surface area contributed by atoms with E-state index in [0.717, 1.165) is 0 Å². The highest BCUT2D eigenvalue weighted by molar-refractivity contribution is 6.25. The van der Waals surface area contributed by atoms with Crippen LogP contribution in [0.4, 0.5) is 23.2 Å². The third kappa shape index (κ3) is 7.26. The number of aldehydes is 1. The van der Waals surface area contributed by atoms with Gasteiger partial charge in [0, 0.05) is 31.3 Å². The van der Waals surface area contributed by atoms with Crippen molar-refractivity contribution in [3.05, 3.63) is 77.5 Å². The van der Waals surface area contributed by atoms with Gasteiger partial charge < -0.3 is 14.8 Å². The number of halogens is 4. The van der Waals surface area contributed by atoms with Gasteiger partial charge in [-0.15, -0.1) is 0 Å². The van der Waals surface area contributed by atoms with Crippen molar-refractivity contribution in [1.82, 2.24) is 5.32 Å². The molecule has 0 fully saturated rings. The molecule has 0 aromatic heterocycles. The molecule has 3 rings (SSSR count). The molecule has 1 amide bonds. The number of hydrazone groups is 1. The maximum Gasteiger partial charge on any atom is 0.387 e. The monoisotopic (exact) mass is 518 g/mol. The van der Waals surface area contributed by atoms with Gasteiger partial charge in [-0.3, -0.25) is 14.6 Å². The number of allylic oxidation sites excluding steroid dienone is 2. The molecule has 37 heavy (non-hydrogen) atoms. The Balaban J connectivity index is 2.01. The number of nitrogens with zero attached hydrogens (tertiary/aromatic N) is 3. The van der Waals surface area contributed by atoms with Gasteiger partial charge in [0.2, 0.25) is 5.90 Å². The van der Waals surface area contributed by atoms with Crippen molar-refractivity contribution in [2.24, 2.45) is 10.1 Å². The second kappa shape index (κ2) is 12.5. The average Bonchev–Trinajstić information content (AvgIpc) is 2.89. The number of hydrogen-bond acceptors (Lipinski definition) is 7. The maximum absolute atomic E-state index is 12.6. The molecular weight excluding hydrogens is 496 g/mol. The summed E-state index contributed by atoms with van der Waals surface area (Å²) in [5.41, 5.74) is 1.55. The number of carbonyl (C=O) groups is 2. The smallest absolute Gasteiger partial charge is 0.387 e. The molecule has 2 aromatic rings. The van der Waals surface area contributed by atoms with Crippen LogP contribution >= 0.6 is 0 Å². The zero-order valence-electron chi connectivity index (χ0n) is 19.7. The zero-order chi connectivity index (χ0) is 26.9. The highest BCUT2D eigenvalue weighted by atomic mass is 19.3. The second-order valence-corrected chi connectivity index (χ2v) is 7.40. The molecule has 8 nitrogen and oxygen atoms in total. The van der Waals surface area contributed by atoms with Crippen molar-refractivity contribution in [1.29, 1.82) is 0 Å². The number of benzene rings is 2. The molecule has 0 saturated heterocycles. The Hall–Kier alpha value is -4.48. The average molecular weight is 518 g/mol. The number of amides is 1. The van der Waals surface area contributed by atoms with E-state index < -0.39 is 19.6 Å². The number of alkyl halides is 4. The molecule has 1 N–H and O–H groups in total. The van der Waals surface area contributed by atoms with Crippen LogP contribution in [0.2, 0.25) is 0 Å². The number of dihydropyridines is 1. The summed E-state index contributed by atoms with van der Waals surface area (Å²) in [7, 11) is 3.14. The summed E-state index contributed by atoms with van der Waals surface area (Å²) < 4.78 is 59.6. The fraction of sp³-hybridized carbons (Fsp3) is 0.200. The minimum absolute atomic E-state index is 0.00760. The molecule has 0 aliphatic carbocycles. The first kappa shape index (κ1) is 27.1. The molecule has 0 bridgehead atoms. The topological polar surface area (TPSA) is 92.6 Å². The summed E-state index contributed by atoms with van der Waals surface area (Å²) in [6.45, 7) is -3.92. The summed E-state index contributed by atoms with van der Waals surface area (Å²) in [6.07, 6.45) is 0.515. The van der Waals surface area contributed by atoms with Gasteiger partial charge in [0.05, 0.1) is 5.69 Å². The molecule has 0 radical (unpaired) electrons. The minimum atomic E-state index is -3.02. The van der Waals surface area contributed by atoms with Crippen molar-refractivity contribution in [3.8, 4) is 5.75 Å². The van der Waals surface area contributed by atoms with Gasteiger partial charge in [0.25, 0.3) is 12.3 Å². The largest absolute Gasteiger partial charge is 0.472 e. The van der Waals surface area contributed by atoms with Gasteiger partial charge in [0.15, 0.2) is 12.9 Å². The van der Waals surface area contributed by atoms with Crippen molar-refractivity contribution >= 4 is 35.1 Å². The maximum atomic E-state index is 12.6. The molecule has 12 heteroatoms. The van der Waals surface area contributed by atoms with E-state index in [-0.39, 0.29) is 34.5 Å².